The van der Waals surface area contributed by atoms with E-state index in [9.17, 15) is 20.3 Å². The summed E-state index contributed by atoms with van der Waals surface area (Å²) in [6, 6.07) is 1.36. The van der Waals surface area contributed by atoms with Gasteiger partial charge >= 0.3 is 0 Å². The molecule has 0 saturated heterocycles. The van der Waals surface area contributed by atoms with Gasteiger partial charge in [0.1, 0.15) is 11.8 Å². The third-order valence-corrected chi connectivity index (χ3v) is 2.77. The van der Waals surface area contributed by atoms with Gasteiger partial charge < -0.3 is 15.2 Å². The van der Waals surface area contributed by atoms with Gasteiger partial charge in [-0.1, -0.05) is 5.11 Å². The molecule has 2 rings (SSSR count). The molecule has 0 saturated carbocycles. The van der Waals surface area contributed by atoms with Gasteiger partial charge in [-0.2, -0.15) is 0 Å². The van der Waals surface area contributed by atoms with Gasteiger partial charge in [-0.05, 0) is 11.6 Å². The molecule has 104 valence electrons. The van der Waals surface area contributed by atoms with Crippen molar-refractivity contribution in [1.82, 2.24) is 9.97 Å². The first kappa shape index (κ1) is 13.7. The third-order valence-electron chi connectivity index (χ3n) is 2.77. The Hall–Kier alpha value is -2.68. The average Bonchev–Trinajstić information content (AvgIpc) is 2.86. The summed E-state index contributed by atoms with van der Waals surface area (Å²) in [6.45, 7) is -0.315. The third kappa shape index (κ3) is 2.52. The van der Waals surface area contributed by atoms with Crippen LogP contribution in [0.25, 0.3) is 21.5 Å². The van der Waals surface area contributed by atoms with E-state index in [2.05, 4.69) is 20.0 Å². The number of hydrogen-bond acceptors (Lipinski definition) is 6. The molecule has 0 aliphatic rings. The minimum Gasteiger partial charge on any atom is -0.390 e. The molecule has 0 aromatic carbocycles. The van der Waals surface area contributed by atoms with Crippen molar-refractivity contribution < 1.29 is 15.1 Å². The number of aromatic amines is 1. The number of aliphatic hydroxyl groups is 2. The van der Waals surface area contributed by atoms with Gasteiger partial charge in [-0.3, -0.25) is 10.1 Å². The number of pyridine rings is 1. The quantitative estimate of drug-likeness (QED) is 0.245. The van der Waals surface area contributed by atoms with Crippen molar-refractivity contribution in [2.24, 2.45) is 5.11 Å². The predicted molar refractivity (Wildman–Crippen MR) is 67.7 cm³/mol. The lowest BCUT2D eigenvalue weighted by molar-refractivity contribution is -0.383. The van der Waals surface area contributed by atoms with Gasteiger partial charge in [0.25, 0.3) is 5.69 Å². The highest BCUT2D eigenvalue weighted by Gasteiger charge is 2.21. The Kier molecular flexibility index (Phi) is 3.80. The molecule has 10 heteroatoms. The summed E-state index contributed by atoms with van der Waals surface area (Å²) in [7, 11) is 0. The van der Waals surface area contributed by atoms with E-state index in [1.165, 1.54) is 18.5 Å². The molecule has 0 radical (unpaired) electrons. The van der Waals surface area contributed by atoms with Crippen LogP contribution in [0.4, 0.5) is 5.69 Å². The number of aliphatic hydroxyl groups excluding tert-OH is 2. The van der Waals surface area contributed by atoms with Crippen molar-refractivity contribution in [2.75, 3.05) is 6.54 Å². The van der Waals surface area contributed by atoms with Crippen molar-refractivity contribution >= 4 is 16.7 Å². The van der Waals surface area contributed by atoms with E-state index < -0.39 is 17.1 Å². The Morgan fingerprint density at radius 1 is 1.60 bits per heavy atom. The lowest BCUT2D eigenvalue weighted by Gasteiger charge is -2.15. The molecule has 0 spiro atoms. The molecule has 10 nitrogen and oxygen atoms in total. The van der Waals surface area contributed by atoms with Gasteiger partial charge in [0.15, 0.2) is 0 Å². The molecule has 0 bridgehead atoms. The summed E-state index contributed by atoms with van der Waals surface area (Å²) in [4.78, 5) is 19.3. The average molecular weight is 278 g/mol. The highest BCUT2D eigenvalue weighted by molar-refractivity contribution is 5.86. The highest BCUT2D eigenvalue weighted by atomic mass is 16.6. The second-order valence-electron chi connectivity index (χ2n) is 4.02. The molecule has 0 amide bonds. The summed E-state index contributed by atoms with van der Waals surface area (Å²) < 4.78 is 0. The Morgan fingerprint density at radius 2 is 2.35 bits per heavy atom. The van der Waals surface area contributed by atoms with Gasteiger partial charge in [0, 0.05) is 16.7 Å². The van der Waals surface area contributed by atoms with Gasteiger partial charge in [0.05, 0.1) is 29.2 Å². The first-order valence-corrected chi connectivity index (χ1v) is 5.53. The number of aromatic nitrogens is 2. The number of nitrogens with one attached hydrogen (secondary N) is 1. The minimum atomic E-state index is -1.35. The Morgan fingerprint density at radius 3 is 3.00 bits per heavy atom. The summed E-state index contributed by atoms with van der Waals surface area (Å²) >= 11 is 0. The van der Waals surface area contributed by atoms with Crippen molar-refractivity contribution in [3.05, 3.63) is 44.6 Å². The van der Waals surface area contributed by atoms with E-state index in [1.807, 2.05) is 0 Å². The molecule has 2 atom stereocenters. The zero-order valence-electron chi connectivity index (χ0n) is 10.0. The smallest absolute Gasteiger partial charge is 0.296 e. The van der Waals surface area contributed by atoms with Crippen LogP contribution < -0.4 is 0 Å². The molecule has 2 aromatic rings. The summed E-state index contributed by atoms with van der Waals surface area (Å²) in [5.74, 6) is 0. The fourth-order valence-corrected chi connectivity index (χ4v) is 1.76. The molecule has 20 heavy (non-hydrogen) atoms. The fraction of sp³-hybridized carbons (Fsp3) is 0.300. The van der Waals surface area contributed by atoms with E-state index in [0.717, 1.165) is 0 Å². The summed E-state index contributed by atoms with van der Waals surface area (Å²) in [6.07, 6.45) is -0.188. The monoisotopic (exact) mass is 278 g/mol. The predicted octanol–water partition coefficient (Wildman–Crippen LogP) is 1.18. The molecule has 0 aliphatic carbocycles. The number of azide groups is 1. The van der Waals surface area contributed by atoms with Gasteiger partial charge in [-0.25, -0.2) is 4.98 Å². The van der Waals surface area contributed by atoms with Gasteiger partial charge in [-0.15, -0.1) is 0 Å². The van der Waals surface area contributed by atoms with Crippen LogP contribution in [0.5, 0.6) is 0 Å². The van der Waals surface area contributed by atoms with E-state index in [-0.39, 0.29) is 23.2 Å². The largest absolute Gasteiger partial charge is 0.390 e. The van der Waals surface area contributed by atoms with Crippen LogP contribution in [0.1, 0.15) is 11.7 Å². The highest BCUT2D eigenvalue weighted by Crippen LogP contribution is 2.27. The van der Waals surface area contributed by atoms with E-state index in [4.69, 9.17) is 5.53 Å². The number of rotatable bonds is 5. The molecule has 2 unspecified atom stereocenters. The summed E-state index contributed by atoms with van der Waals surface area (Å²) in [5, 5.41) is 33.7. The Labute approximate surface area is 111 Å². The standard InChI is InChI=1S/C10H10N6O4/c11-15-14-4-8(17)9(18)5-1-6-7(16(19)20)3-13-10(6)12-2-5/h1-3,8-9,17-18H,4H2,(H,12,13). The van der Waals surface area contributed by atoms with Crippen molar-refractivity contribution in [1.29, 1.82) is 0 Å². The van der Waals surface area contributed by atoms with Crippen LogP contribution in [0.2, 0.25) is 0 Å². The number of nitrogens with zero attached hydrogens (tertiary/aromatic N) is 5. The fourth-order valence-electron chi connectivity index (χ4n) is 1.76. The molecular weight excluding hydrogens is 268 g/mol. The van der Waals surface area contributed by atoms with Gasteiger partial charge in [0.2, 0.25) is 0 Å². The van der Waals surface area contributed by atoms with Crippen LogP contribution in [-0.2, 0) is 0 Å². The molecule has 2 aromatic heterocycles. The van der Waals surface area contributed by atoms with Crippen LogP contribution >= 0.6 is 0 Å². The Bertz CT molecular complexity index is 692. The molecule has 2 heterocycles. The topological polar surface area (TPSA) is 161 Å². The zero-order valence-corrected chi connectivity index (χ0v) is 10.0. The van der Waals surface area contributed by atoms with E-state index in [1.54, 1.807) is 0 Å². The lowest BCUT2D eigenvalue weighted by atomic mass is 10.1. The maximum atomic E-state index is 10.8. The van der Waals surface area contributed by atoms with Crippen LogP contribution in [0, 0.1) is 10.1 Å². The first-order valence-electron chi connectivity index (χ1n) is 5.53. The Balaban J connectivity index is 2.37. The number of hydrogen-bond donors (Lipinski definition) is 3. The lowest BCUT2D eigenvalue weighted by Crippen LogP contribution is -2.21. The van der Waals surface area contributed by atoms with Crippen LogP contribution in [-0.4, -0.2) is 37.8 Å². The van der Waals surface area contributed by atoms with Crippen molar-refractivity contribution in [3.8, 4) is 0 Å². The zero-order chi connectivity index (χ0) is 14.7. The van der Waals surface area contributed by atoms with E-state index in [0.29, 0.717) is 5.65 Å². The summed E-state index contributed by atoms with van der Waals surface area (Å²) in [5.41, 5.74) is 8.48. The SMILES string of the molecule is [N-]=[N+]=NCC(O)C(O)c1cnc2[nH]cc([N+](=O)[O-])c2c1. The number of H-pyrrole nitrogens is 1. The molecular formula is C10H10N6O4. The molecule has 0 aliphatic heterocycles. The van der Waals surface area contributed by atoms with Crippen molar-refractivity contribution in [2.45, 2.75) is 12.2 Å². The first-order chi connectivity index (χ1) is 9.54. The van der Waals surface area contributed by atoms with E-state index >= 15 is 0 Å². The maximum absolute atomic E-state index is 10.8. The number of fused-ring (bicyclic) bond motifs is 1. The molecule has 0 fully saturated rings. The van der Waals surface area contributed by atoms with Crippen LogP contribution in [0.3, 0.4) is 0 Å². The van der Waals surface area contributed by atoms with Crippen molar-refractivity contribution in [3.63, 3.8) is 0 Å². The normalized spacial score (nSPS) is 13.7. The minimum absolute atomic E-state index is 0.175. The second-order valence-corrected chi connectivity index (χ2v) is 4.02. The van der Waals surface area contributed by atoms with Crippen LogP contribution in [0.15, 0.2) is 23.6 Å². The second kappa shape index (κ2) is 5.53. The molecule has 3 N–H and O–H groups in total. The number of nitro groups is 1. The maximum Gasteiger partial charge on any atom is 0.296 e.